The third-order valence-electron chi connectivity index (χ3n) is 6.20. The van der Waals surface area contributed by atoms with Gasteiger partial charge in [-0.1, -0.05) is 77.8 Å². The summed E-state index contributed by atoms with van der Waals surface area (Å²) in [4.78, 5) is 12.6. The van der Waals surface area contributed by atoms with Crippen LogP contribution in [-0.4, -0.2) is 25.0 Å². The van der Waals surface area contributed by atoms with Gasteiger partial charge in [-0.3, -0.25) is 4.79 Å². The van der Waals surface area contributed by atoms with E-state index in [-0.39, 0.29) is 23.5 Å². The molecule has 4 aromatic carbocycles. The number of nitrogens with zero attached hydrogens (tertiary/aromatic N) is 1. The zero-order chi connectivity index (χ0) is 27.4. The molecule has 0 aromatic heterocycles. The summed E-state index contributed by atoms with van der Waals surface area (Å²) in [5.74, 6) is 1.14. The zero-order valence-corrected chi connectivity index (χ0v) is 24.7. The average molecular weight is 642 g/mol. The van der Waals surface area contributed by atoms with Crippen LogP contribution in [-0.2, 0) is 11.4 Å². The molecule has 5 rings (SSSR count). The van der Waals surface area contributed by atoms with E-state index >= 15 is 0 Å². The van der Waals surface area contributed by atoms with Crippen molar-refractivity contribution in [1.29, 1.82) is 0 Å². The molecule has 0 atom stereocenters. The summed E-state index contributed by atoms with van der Waals surface area (Å²) in [7, 11) is 1.56. The Labute approximate surface area is 249 Å². The van der Waals surface area contributed by atoms with Crippen molar-refractivity contribution in [3.63, 3.8) is 0 Å². The van der Waals surface area contributed by atoms with Gasteiger partial charge in [0.1, 0.15) is 6.61 Å². The topological polar surface area (TPSA) is 59.9 Å². The maximum Gasteiger partial charge on any atom is 0.250 e. The molecule has 1 N–H and O–H groups in total. The van der Waals surface area contributed by atoms with Crippen molar-refractivity contribution in [3.8, 4) is 22.6 Å². The van der Waals surface area contributed by atoms with Crippen molar-refractivity contribution in [3.05, 3.63) is 116 Å². The van der Waals surface area contributed by atoms with Gasteiger partial charge in [0.2, 0.25) is 5.91 Å². The maximum atomic E-state index is 12.6. The van der Waals surface area contributed by atoms with Gasteiger partial charge in [-0.25, -0.2) is 5.43 Å². The quantitative estimate of drug-likeness (QED) is 0.148. The summed E-state index contributed by atoms with van der Waals surface area (Å²) in [5.41, 5.74) is 9.08. The number of rotatable bonds is 9. The summed E-state index contributed by atoms with van der Waals surface area (Å²) in [6.07, 6.45) is 1.57. The fraction of sp³-hybridized carbons (Fsp3) is 0.133. The number of benzene rings is 4. The van der Waals surface area contributed by atoms with E-state index < -0.39 is 0 Å². The molecule has 0 unspecified atom stereocenters. The fourth-order valence-electron chi connectivity index (χ4n) is 4.40. The Kier molecular flexibility index (Phi) is 8.82. The van der Waals surface area contributed by atoms with Gasteiger partial charge in [0.25, 0.3) is 0 Å². The fourth-order valence-corrected chi connectivity index (χ4v) is 6.59. The molecule has 198 valence electrons. The first-order chi connectivity index (χ1) is 18.9. The molecule has 0 bridgehead atoms. The van der Waals surface area contributed by atoms with E-state index in [1.165, 1.54) is 22.3 Å². The third-order valence-corrected chi connectivity index (χ3v) is 8.65. The van der Waals surface area contributed by atoms with Crippen molar-refractivity contribution in [1.82, 2.24) is 5.43 Å². The summed E-state index contributed by atoms with van der Waals surface area (Å²) in [6, 6.07) is 25.6. The zero-order valence-electron chi connectivity index (χ0n) is 20.8. The lowest BCUT2D eigenvalue weighted by atomic mass is 10.1. The normalized spacial score (nSPS) is 12.3. The maximum absolute atomic E-state index is 12.6. The minimum absolute atomic E-state index is 0.114. The minimum atomic E-state index is -0.177. The molecule has 1 amide bonds. The second-order valence-corrected chi connectivity index (χ2v) is 11.5. The van der Waals surface area contributed by atoms with Gasteiger partial charge >= 0.3 is 0 Å². The van der Waals surface area contributed by atoms with E-state index in [4.69, 9.17) is 32.7 Å². The molecule has 0 spiro atoms. The number of ether oxygens (including phenoxy) is 2. The molecule has 1 aliphatic carbocycles. The molecular formula is C30H23BrCl2N2O3S. The van der Waals surface area contributed by atoms with E-state index in [0.717, 1.165) is 11.1 Å². The van der Waals surface area contributed by atoms with Gasteiger partial charge in [0.15, 0.2) is 11.5 Å². The second kappa shape index (κ2) is 12.5. The lowest BCUT2D eigenvalue weighted by Gasteiger charge is -2.14. The molecule has 9 heteroatoms. The van der Waals surface area contributed by atoms with Crippen LogP contribution in [0.15, 0.2) is 88.4 Å². The van der Waals surface area contributed by atoms with Crippen LogP contribution in [0.2, 0.25) is 10.0 Å². The number of amides is 1. The number of hydrazone groups is 1. The highest BCUT2D eigenvalue weighted by Crippen LogP contribution is 2.49. The van der Waals surface area contributed by atoms with Crippen molar-refractivity contribution in [2.75, 3.05) is 12.9 Å². The van der Waals surface area contributed by atoms with Crippen LogP contribution < -0.4 is 14.9 Å². The van der Waals surface area contributed by atoms with Crippen LogP contribution in [0.4, 0.5) is 0 Å². The Morgan fingerprint density at radius 2 is 1.72 bits per heavy atom. The Balaban J connectivity index is 1.20. The monoisotopic (exact) mass is 640 g/mol. The Hall–Kier alpha value is -2.97. The number of thioether (sulfide) groups is 1. The van der Waals surface area contributed by atoms with E-state index in [1.807, 2.05) is 36.4 Å². The van der Waals surface area contributed by atoms with Crippen molar-refractivity contribution < 1.29 is 14.3 Å². The number of halogens is 3. The van der Waals surface area contributed by atoms with Crippen molar-refractivity contribution in [2.45, 2.75) is 11.9 Å². The first kappa shape index (κ1) is 27.6. The SMILES string of the molecule is COc1cc(/C=N\NC(=O)CSC2c3ccccc3-c3ccccc32)cc(Br)c1OCc1ccc(Cl)cc1Cl. The number of nitrogens with one attached hydrogen (secondary N) is 1. The number of carbonyl (C=O) groups excluding carboxylic acids is 1. The number of hydrogen-bond acceptors (Lipinski definition) is 5. The molecular weight excluding hydrogens is 619 g/mol. The van der Waals surface area contributed by atoms with Gasteiger partial charge < -0.3 is 9.47 Å². The lowest BCUT2D eigenvalue weighted by molar-refractivity contribution is -0.118. The summed E-state index contributed by atoms with van der Waals surface area (Å²) >= 11 is 17.4. The van der Waals surface area contributed by atoms with Gasteiger partial charge in [0, 0.05) is 15.6 Å². The van der Waals surface area contributed by atoms with Crippen LogP contribution in [0.25, 0.3) is 11.1 Å². The highest BCUT2D eigenvalue weighted by Gasteiger charge is 2.28. The lowest BCUT2D eigenvalue weighted by Crippen LogP contribution is -2.20. The second-order valence-electron chi connectivity index (χ2n) is 8.72. The number of hydrogen-bond donors (Lipinski definition) is 1. The van der Waals surface area contributed by atoms with Gasteiger partial charge in [-0.2, -0.15) is 5.10 Å². The number of methoxy groups -OCH3 is 1. The Bertz CT molecular complexity index is 1520. The molecule has 0 aliphatic heterocycles. The third kappa shape index (κ3) is 6.28. The van der Waals surface area contributed by atoms with Gasteiger partial charge in [-0.15, -0.1) is 11.8 Å². The Morgan fingerprint density at radius 3 is 2.38 bits per heavy atom. The molecule has 0 fully saturated rings. The number of fused-ring (bicyclic) bond motifs is 3. The molecule has 4 aromatic rings. The minimum Gasteiger partial charge on any atom is -0.493 e. The average Bonchev–Trinajstić information content (AvgIpc) is 3.25. The van der Waals surface area contributed by atoms with Crippen LogP contribution in [0.3, 0.4) is 0 Å². The molecule has 39 heavy (non-hydrogen) atoms. The molecule has 0 heterocycles. The summed E-state index contributed by atoms with van der Waals surface area (Å²) in [6.45, 7) is 0.238. The van der Waals surface area contributed by atoms with E-state index in [9.17, 15) is 4.79 Å². The summed E-state index contributed by atoms with van der Waals surface area (Å²) in [5, 5.41) is 5.35. The molecule has 1 aliphatic rings. The molecule has 0 saturated heterocycles. The predicted octanol–water partition coefficient (Wildman–Crippen LogP) is 8.30. The smallest absolute Gasteiger partial charge is 0.250 e. The number of carbonyl (C=O) groups is 1. The molecule has 5 nitrogen and oxygen atoms in total. The van der Waals surface area contributed by atoms with Crippen LogP contribution in [0.1, 0.15) is 27.5 Å². The standard InChI is InChI=1S/C30H23BrCl2N2O3S/c1-37-27-13-18(12-25(31)29(27)38-16-19-10-11-20(32)14-26(19)33)15-34-35-28(36)17-39-30-23-8-4-2-6-21(23)22-7-3-5-9-24(22)30/h2-15,30H,16-17H2,1H3,(H,35,36)/b34-15-. The van der Waals surface area contributed by atoms with E-state index in [0.29, 0.717) is 26.0 Å². The molecule has 0 saturated carbocycles. The van der Waals surface area contributed by atoms with Gasteiger partial charge in [-0.05, 0) is 68.0 Å². The predicted molar refractivity (Wildman–Crippen MR) is 163 cm³/mol. The van der Waals surface area contributed by atoms with E-state index in [1.54, 1.807) is 43.3 Å². The van der Waals surface area contributed by atoms with Crippen LogP contribution in [0.5, 0.6) is 11.5 Å². The highest BCUT2D eigenvalue weighted by atomic mass is 79.9. The van der Waals surface area contributed by atoms with Crippen LogP contribution in [0, 0.1) is 0 Å². The largest absolute Gasteiger partial charge is 0.493 e. The Morgan fingerprint density at radius 1 is 1.03 bits per heavy atom. The van der Waals surface area contributed by atoms with Gasteiger partial charge in [0.05, 0.1) is 28.8 Å². The van der Waals surface area contributed by atoms with E-state index in [2.05, 4.69) is 50.7 Å². The highest BCUT2D eigenvalue weighted by molar-refractivity contribution is 9.10. The van der Waals surface area contributed by atoms with Crippen LogP contribution >= 0.6 is 50.9 Å². The molecule has 0 radical (unpaired) electrons. The first-order valence-corrected chi connectivity index (χ1v) is 14.6. The summed E-state index contributed by atoms with van der Waals surface area (Å²) < 4.78 is 12.2. The van der Waals surface area contributed by atoms with Crippen molar-refractivity contribution in [2.24, 2.45) is 5.10 Å². The van der Waals surface area contributed by atoms with Crippen molar-refractivity contribution >= 4 is 63.0 Å². The first-order valence-electron chi connectivity index (χ1n) is 12.0.